The van der Waals surface area contributed by atoms with Crippen LogP contribution in [0, 0.1) is 5.92 Å². The lowest BCUT2D eigenvalue weighted by atomic mass is 10.1. The molecule has 8 heteroatoms. The molecule has 0 aliphatic heterocycles. The second-order valence-corrected chi connectivity index (χ2v) is 7.92. The zero-order valence-corrected chi connectivity index (χ0v) is 14.2. The summed E-state index contributed by atoms with van der Waals surface area (Å²) in [6.45, 7) is 7.65. The van der Waals surface area contributed by atoms with Crippen molar-refractivity contribution in [2.75, 3.05) is 0 Å². The van der Waals surface area contributed by atoms with Crippen molar-refractivity contribution in [3.63, 3.8) is 0 Å². The van der Waals surface area contributed by atoms with Crippen LogP contribution in [0.25, 0.3) is 0 Å². The third kappa shape index (κ3) is 5.00. The van der Waals surface area contributed by atoms with E-state index in [1.165, 1.54) is 0 Å². The third-order valence-corrected chi connectivity index (χ3v) is 4.23. The SMILES string of the molecule is CCCc1[nH]nc(C(=O)OC(C)CC(C)C)c1S(=O)(=O)Cl. The van der Waals surface area contributed by atoms with Crippen LogP contribution in [0.1, 0.15) is 56.7 Å². The van der Waals surface area contributed by atoms with Crippen molar-refractivity contribution in [3.8, 4) is 0 Å². The van der Waals surface area contributed by atoms with Gasteiger partial charge in [-0.25, -0.2) is 13.2 Å². The van der Waals surface area contributed by atoms with Gasteiger partial charge in [-0.1, -0.05) is 27.2 Å². The largest absolute Gasteiger partial charge is 0.458 e. The number of hydrogen-bond acceptors (Lipinski definition) is 5. The first-order chi connectivity index (χ1) is 9.66. The molecule has 0 fully saturated rings. The van der Waals surface area contributed by atoms with Gasteiger partial charge in [-0.05, 0) is 25.7 Å². The van der Waals surface area contributed by atoms with Crippen LogP contribution in [0.3, 0.4) is 0 Å². The van der Waals surface area contributed by atoms with E-state index in [0.29, 0.717) is 30.9 Å². The molecule has 0 amide bonds. The van der Waals surface area contributed by atoms with E-state index in [1.807, 2.05) is 20.8 Å². The Hall–Kier alpha value is -1.08. The summed E-state index contributed by atoms with van der Waals surface area (Å²) in [7, 11) is 1.35. The average molecular weight is 337 g/mol. The van der Waals surface area contributed by atoms with Crippen molar-refractivity contribution < 1.29 is 17.9 Å². The summed E-state index contributed by atoms with van der Waals surface area (Å²) in [6, 6.07) is 0. The number of hydrogen-bond donors (Lipinski definition) is 1. The Morgan fingerprint density at radius 2 is 2.00 bits per heavy atom. The minimum absolute atomic E-state index is 0.271. The van der Waals surface area contributed by atoms with Gasteiger partial charge in [-0.15, -0.1) is 0 Å². The van der Waals surface area contributed by atoms with E-state index in [1.54, 1.807) is 6.92 Å². The van der Waals surface area contributed by atoms with Crippen molar-refractivity contribution in [3.05, 3.63) is 11.4 Å². The van der Waals surface area contributed by atoms with Gasteiger partial charge in [0.25, 0.3) is 9.05 Å². The van der Waals surface area contributed by atoms with Gasteiger partial charge in [0, 0.05) is 10.7 Å². The van der Waals surface area contributed by atoms with Gasteiger partial charge in [0.15, 0.2) is 5.69 Å². The maximum absolute atomic E-state index is 12.1. The van der Waals surface area contributed by atoms with Crippen LogP contribution >= 0.6 is 10.7 Å². The van der Waals surface area contributed by atoms with E-state index < -0.39 is 15.0 Å². The Kier molecular flexibility index (Phi) is 6.22. The molecule has 21 heavy (non-hydrogen) atoms. The van der Waals surface area contributed by atoms with Crippen LogP contribution in [0.15, 0.2) is 4.90 Å². The first kappa shape index (κ1) is 18.0. The number of aromatic amines is 1. The summed E-state index contributed by atoms with van der Waals surface area (Å²) in [5.41, 5.74) is 0.0556. The number of ether oxygens (including phenoxy) is 1. The minimum Gasteiger partial charge on any atom is -0.458 e. The summed E-state index contributed by atoms with van der Waals surface area (Å²) in [4.78, 5) is 11.8. The number of nitrogens with one attached hydrogen (secondary N) is 1. The second-order valence-electron chi connectivity index (χ2n) is 5.41. The van der Waals surface area contributed by atoms with Crippen LogP contribution in [0.2, 0.25) is 0 Å². The van der Waals surface area contributed by atoms with E-state index in [-0.39, 0.29) is 16.7 Å². The van der Waals surface area contributed by atoms with Gasteiger partial charge in [0.1, 0.15) is 4.90 Å². The van der Waals surface area contributed by atoms with Gasteiger partial charge >= 0.3 is 5.97 Å². The Balaban J connectivity index is 3.05. The number of esters is 1. The molecule has 0 aliphatic rings. The lowest BCUT2D eigenvalue weighted by Gasteiger charge is -2.14. The molecule has 6 nitrogen and oxygen atoms in total. The normalized spacial score (nSPS) is 13.4. The van der Waals surface area contributed by atoms with Gasteiger partial charge in [-0.3, -0.25) is 5.10 Å². The zero-order chi connectivity index (χ0) is 16.2. The van der Waals surface area contributed by atoms with Crippen LogP contribution in [0.4, 0.5) is 0 Å². The number of carbonyl (C=O) groups excluding carboxylic acids is 1. The molecule has 0 bridgehead atoms. The Bertz CT molecular complexity index is 595. The molecule has 1 aromatic rings. The molecule has 0 saturated heterocycles. The van der Waals surface area contributed by atoms with Crippen LogP contribution in [-0.2, 0) is 20.2 Å². The molecule has 0 aromatic carbocycles. The highest BCUT2D eigenvalue weighted by molar-refractivity contribution is 8.13. The number of nitrogens with zero attached hydrogens (tertiary/aromatic N) is 1. The predicted molar refractivity (Wildman–Crippen MR) is 80.0 cm³/mol. The van der Waals surface area contributed by atoms with E-state index >= 15 is 0 Å². The fourth-order valence-electron chi connectivity index (χ4n) is 2.14. The summed E-state index contributed by atoms with van der Waals surface area (Å²) >= 11 is 0. The maximum atomic E-state index is 12.1. The number of carbonyl (C=O) groups is 1. The van der Waals surface area contributed by atoms with Crippen molar-refractivity contribution in [2.45, 2.75) is 58.0 Å². The van der Waals surface area contributed by atoms with Crippen molar-refractivity contribution >= 4 is 25.7 Å². The van der Waals surface area contributed by atoms with Gasteiger partial charge < -0.3 is 4.74 Å². The maximum Gasteiger partial charge on any atom is 0.360 e. The van der Waals surface area contributed by atoms with E-state index in [9.17, 15) is 13.2 Å². The molecule has 0 saturated carbocycles. The second kappa shape index (κ2) is 7.26. The highest BCUT2D eigenvalue weighted by Gasteiger charge is 2.30. The lowest BCUT2D eigenvalue weighted by molar-refractivity contribution is 0.0288. The average Bonchev–Trinajstić information content (AvgIpc) is 2.71. The van der Waals surface area contributed by atoms with Gasteiger partial charge in [-0.2, -0.15) is 5.10 Å². The Morgan fingerprint density at radius 1 is 1.38 bits per heavy atom. The standard InChI is InChI=1S/C13H21ClN2O4S/c1-5-6-10-12(21(14,18)19)11(16-15-10)13(17)20-9(4)7-8(2)3/h8-9H,5-7H2,1-4H3,(H,15,16). The quantitative estimate of drug-likeness (QED) is 0.611. The molecule has 1 atom stereocenters. The number of aromatic nitrogens is 2. The van der Waals surface area contributed by atoms with E-state index in [4.69, 9.17) is 15.4 Å². The molecule has 120 valence electrons. The van der Waals surface area contributed by atoms with Crippen molar-refractivity contribution in [1.29, 1.82) is 0 Å². The highest BCUT2D eigenvalue weighted by atomic mass is 35.7. The van der Waals surface area contributed by atoms with E-state index in [0.717, 1.165) is 0 Å². The fraction of sp³-hybridized carbons (Fsp3) is 0.692. The molecule has 1 N–H and O–H groups in total. The molecule has 0 aliphatic carbocycles. The van der Waals surface area contributed by atoms with Crippen LogP contribution in [0.5, 0.6) is 0 Å². The summed E-state index contributed by atoms with van der Waals surface area (Å²) < 4.78 is 28.6. The number of aryl methyl sites for hydroxylation is 1. The Morgan fingerprint density at radius 3 is 2.48 bits per heavy atom. The minimum atomic E-state index is -4.07. The highest BCUT2D eigenvalue weighted by Crippen LogP contribution is 2.24. The number of H-pyrrole nitrogens is 1. The van der Waals surface area contributed by atoms with Crippen LogP contribution in [-0.4, -0.2) is 30.7 Å². The summed E-state index contributed by atoms with van der Waals surface area (Å²) in [5.74, 6) is -0.417. The number of halogens is 1. The van der Waals surface area contributed by atoms with Gasteiger partial charge in [0.05, 0.1) is 11.8 Å². The van der Waals surface area contributed by atoms with E-state index in [2.05, 4.69) is 10.2 Å². The molecule has 0 spiro atoms. The molecular weight excluding hydrogens is 316 g/mol. The van der Waals surface area contributed by atoms with Gasteiger partial charge in [0.2, 0.25) is 0 Å². The van der Waals surface area contributed by atoms with Crippen molar-refractivity contribution in [1.82, 2.24) is 10.2 Å². The molecule has 1 unspecified atom stereocenters. The first-order valence-corrected chi connectivity index (χ1v) is 9.20. The smallest absolute Gasteiger partial charge is 0.360 e. The molecular formula is C13H21ClN2O4S. The van der Waals surface area contributed by atoms with Crippen LogP contribution < -0.4 is 0 Å². The third-order valence-electron chi connectivity index (χ3n) is 2.84. The van der Waals surface area contributed by atoms with Crippen molar-refractivity contribution in [2.24, 2.45) is 5.92 Å². The Labute approximate surface area is 129 Å². The summed E-state index contributed by atoms with van der Waals surface area (Å²) in [5, 5.41) is 6.33. The summed E-state index contributed by atoms with van der Waals surface area (Å²) in [6.07, 6.45) is 1.49. The monoisotopic (exact) mass is 336 g/mol. The fourth-order valence-corrected chi connectivity index (χ4v) is 3.44. The molecule has 1 rings (SSSR count). The molecule has 1 aromatic heterocycles. The molecule has 1 heterocycles. The zero-order valence-electron chi connectivity index (χ0n) is 12.6. The topological polar surface area (TPSA) is 89.1 Å². The number of rotatable bonds is 7. The first-order valence-electron chi connectivity index (χ1n) is 6.89. The lowest BCUT2D eigenvalue weighted by Crippen LogP contribution is -2.18. The molecule has 0 radical (unpaired) electrons. The predicted octanol–water partition coefficient (Wildman–Crippen LogP) is 2.88.